The zero-order valence-electron chi connectivity index (χ0n) is 14.9. The van der Waals surface area contributed by atoms with E-state index in [1.54, 1.807) is 4.68 Å². The molecule has 1 N–H and O–H groups in total. The molecule has 0 unspecified atom stereocenters. The van der Waals surface area contributed by atoms with Crippen LogP contribution in [-0.2, 0) is 16.9 Å². The number of rotatable bonds is 4. The van der Waals surface area contributed by atoms with Crippen LogP contribution in [-0.4, -0.2) is 25.2 Å². The van der Waals surface area contributed by atoms with Crippen LogP contribution in [0.2, 0.25) is 0 Å². The van der Waals surface area contributed by atoms with Crippen molar-refractivity contribution in [1.29, 1.82) is 0 Å². The van der Waals surface area contributed by atoms with E-state index in [2.05, 4.69) is 31.3 Å². The minimum Gasteiger partial charge on any atom is -0.326 e. The van der Waals surface area contributed by atoms with Crippen molar-refractivity contribution in [2.24, 2.45) is 0 Å². The number of benzene rings is 1. The predicted octanol–water partition coefficient (Wildman–Crippen LogP) is 3.14. The maximum Gasteiger partial charge on any atom is 0.264 e. The Morgan fingerprint density at radius 1 is 1.23 bits per heavy atom. The van der Waals surface area contributed by atoms with Gasteiger partial charge in [0, 0.05) is 23.1 Å². The molecule has 7 nitrogen and oxygen atoms in total. The molecule has 26 heavy (non-hydrogen) atoms. The molecule has 136 valence electrons. The lowest BCUT2D eigenvalue weighted by Crippen LogP contribution is -2.26. The number of nitrogens with one attached hydrogen (secondary N) is 1. The summed E-state index contributed by atoms with van der Waals surface area (Å²) in [5.74, 6) is -0.162. The van der Waals surface area contributed by atoms with Crippen LogP contribution in [0.3, 0.4) is 0 Å². The summed E-state index contributed by atoms with van der Waals surface area (Å²) in [6, 6.07) is 7.32. The van der Waals surface area contributed by atoms with Crippen LogP contribution in [0.1, 0.15) is 27.2 Å². The van der Waals surface area contributed by atoms with Gasteiger partial charge in [-0.1, -0.05) is 15.9 Å². The zero-order valence-corrected chi connectivity index (χ0v) is 16.4. The highest BCUT2D eigenvalue weighted by molar-refractivity contribution is 9.10. The normalized spacial score (nSPS) is 11.7. The van der Waals surface area contributed by atoms with E-state index in [-0.39, 0.29) is 30.0 Å². The highest BCUT2D eigenvalue weighted by Gasteiger charge is 2.19. The molecular weight excluding hydrogens is 398 g/mol. The first-order valence-corrected chi connectivity index (χ1v) is 9.04. The number of fused-ring (bicyclic) bond motifs is 1. The van der Waals surface area contributed by atoms with Crippen LogP contribution in [0.4, 0.5) is 5.69 Å². The van der Waals surface area contributed by atoms with E-state index in [1.165, 1.54) is 17.1 Å². The van der Waals surface area contributed by atoms with Crippen molar-refractivity contribution in [2.45, 2.75) is 39.3 Å². The highest BCUT2D eigenvalue weighted by Crippen LogP contribution is 2.18. The van der Waals surface area contributed by atoms with Crippen molar-refractivity contribution in [3.63, 3.8) is 0 Å². The number of carbonyl (C=O) groups is 1. The minimum atomic E-state index is -0.266. The molecule has 0 atom stereocenters. The summed E-state index contributed by atoms with van der Waals surface area (Å²) >= 11 is 3.35. The highest BCUT2D eigenvalue weighted by atomic mass is 79.9. The van der Waals surface area contributed by atoms with Gasteiger partial charge in [0.25, 0.3) is 5.56 Å². The van der Waals surface area contributed by atoms with Crippen LogP contribution < -0.4 is 10.9 Å². The quantitative estimate of drug-likeness (QED) is 0.706. The van der Waals surface area contributed by atoms with Gasteiger partial charge in [0.2, 0.25) is 5.91 Å². The number of hydrogen-bond donors (Lipinski definition) is 1. The van der Waals surface area contributed by atoms with Gasteiger partial charge in [-0.2, -0.15) is 5.10 Å². The fourth-order valence-electron chi connectivity index (χ4n) is 2.58. The number of halogens is 1. The summed E-state index contributed by atoms with van der Waals surface area (Å²) in [5.41, 5.74) is 0.809. The smallest absolute Gasteiger partial charge is 0.264 e. The number of aromatic nitrogens is 4. The first-order chi connectivity index (χ1) is 12.3. The van der Waals surface area contributed by atoms with E-state index >= 15 is 0 Å². The lowest BCUT2D eigenvalue weighted by molar-refractivity contribution is -0.116. The van der Waals surface area contributed by atoms with Gasteiger partial charge >= 0.3 is 0 Å². The Balaban J connectivity index is 1.73. The van der Waals surface area contributed by atoms with Gasteiger partial charge in [0.15, 0.2) is 5.65 Å². The van der Waals surface area contributed by atoms with Crippen LogP contribution in [0.5, 0.6) is 0 Å². The fraction of sp³-hybridized carbons (Fsp3) is 0.333. The third-order valence-corrected chi connectivity index (χ3v) is 4.43. The lowest BCUT2D eigenvalue weighted by atomic mass is 10.1. The number of carbonyl (C=O) groups excluding carboxylic acids is 1. The summed E-state index contributed by atoms with van der Waals surface area (Å²) in [4.78, 5) is 29.1. The molecule has 0 aliphatic carbocycles. The Bertz CT molecular complexity index is 999. The largest absolute Gasteiger partial charge is 0.326 e. The second kappa shape index (κ2) is 7.03. The SMILES string of the molecule is CC(C)(C)n1ncc2c(=O)n(CCC(=O)Nc3ccc(Br)cc3)cnc21. The van der Waals surface area contributed by atoms with Gasteiger partial charge in [0.05, 0.1) is 18.1 Å². The summed E-state index contributed by atoms with van der Waals surface area (Å²) in [7, 11) is 0. The molecule has 0 radical (unpaired) electrons. The number of hydrogen-bond acceptors (Lipinski definition) is 4. The first kappa shape index (κ1) is 18.3. The van der Waals surface area contributed by atoms with Crippen LogP contribution >= 0.6 is 15.9 Å². The summed E-state index contributed by atoms with van der Waals surface area (Å²) in [6.45, 7) is 6.25. The molecule has 3 aromatic rings. The number of nitrogens with zero attached hydrogens (tertiary/aromatic N) is 4. The van der Waals surface area contributed by atoms with E-state index in [0.29, 0.717) is 16.7 Å². The van der Waals surface area contributed by atoms with E-state index in [0.717, 1.165) is 4.47 Å². The molecule has 0 spiro atoms. The molecule has 3 rings (SSSR count). The number of aryl methyl sites for hydroxylation is 1. The molecule has 0 aliphatic heterocycles. The van der Waals surface area contributed by atoms with Crippen LogP contribution in [0.25, 0.3) is 11.0 Å². The molecule has 8 heteroatoms. The Hall–Kier alpha value is -2.48. The number of anilines is 1. The van der Waals surface area contributed by atoms with Gasteiger partial charge in [-0.25, -0.2) is 9.67 Å². The van der Waals surface area contributed by atoms with Crippen LogP contribution in [0, 0.1) is 0 Å². The molecule has 0 bridgehead atoms. The monoisotopic (exact) mass is 417 g/mol. The standard InChI is InChI=1S/C18H20BrN5O2/c1-18(2,3)24-16-14(10-21-24)17(26)23(11-20-16)9-8-15(25)22-13-6-4-12(19)5-7-13/h4-7,10-11H,8-9H2,1-3H3,(H,22,25). The fourth-order valence-corrected chi connectivity index (χ4v) is 2.84. The number of amides is 1. The Labute approximate surface area is 159 Å². The molecule has 1 aromatic carbocycles. The molecule has 0 saturated carbocycles. The maximum atomic E-state index is 12.6. The van der Waals surface area contributed by atoms with Gasteiger partial charge in [-0.05, 0) is 45.0 Å². The van der Waals surface area contributed by atoms with E-state index in [1.807, 2.05) is 45.0 Å². The molecule has 2 heterocycles. The van der Waals surface area contributed by atoms with Gasteiger partial charge in [0.1, 0.15) is 5.39 Å². The zero-order chi connectivity index (χ0) is 18.9. The van der Waals surface area contributed by atoms with Crippen molar-refractivity contribution in [1.82, 2.24) is 19.3 Å². The van der Waals surface area contributed by atoms with Crippen molar-refractivity contribution in [2.75, 3.05) is 5.32 Å². The van der Waals surface area contributed by atoms with Crippen molar-refractivity contribution < 1.29 is 4.79 Å². The van der Waals surface area contributed by atoms with Gasteiger partial charge in [-0.3, -0.25) is 14.2 Å². The van der Waals surface area contributed by atoms with E-state index in [4.69, 9.17) is 0 Å². The predicted molar refractivity (Wildman–Crippen MR) is 104 cm³/mol. The average molecular weight is 418 g/mol. The lowest BCUT2D eigenvalue weighted by Gasteiger charge is -2.19. The molecule has 0 fully saturated rings. The molecule has 0 saturated heterocycles. The summed E-state index contributed by atoms with van der Waals surface area (Å²) < 4.78 is 4.11. The van der Waals surface area contributed by atoms with Crippen LogP contribution in [0.15, 0.2) is 46.1 Å². The Kier molecular flexibility index (Phi) is 4.95. The average Bonchev–Trinajstić information content (AvgIpc) is 3.01. The third kappa shape index (κ3) is 3.85. The van der Waals surface area contributed by atoms with E-state index < -0.39 is 0 Å². The molecule has 1 amide bonds. The second-order valence-corrected chi connectivity index (χ2v) is 7.93. The van der Waals surface area contributed by atoms with E-state index in [9.17, 15) is 9.59 Å². The summed E-state index contributed by atoms with van der Waals surface area (Å²) in [5, 5.41) is 7.55. The van der Waals surface area contributed by atoms with Crippen molar-refractivity contribution >= 4 is 38.6 Å². The molecule has 0 aliphatic rings. The minimum absolute atomic E-state index is 0.162. The second-order valence-electron chi connectivity index (χ2n) is 7.01. The Morgan fingerprint density at radius 3 is 2.58 bits per heavy atom. The van der Waals surface area contributed by atoms with Gasteiger partial charge < -0.3 is 5.32 Å². The topological polar surface area (TPSA) is 81.8 Å². The third-order valence-electron chi connectivity index (χ3n) is 3.90. The molecular formula is C18H20BrN5O2. The van der Waals surface area contributed by atoms with Crippen molar-refractivity contribution in [3.8, 4) is 0 Å². The first-order valence-electron chi connectivity index (χ1n) is 8.25. The Morgan fingerprint density at radius 2 is 1.92 bits per heavy atom. The van der Waals surface area contributed by atoms with Crippen molar-refractivity contribution in [3.05, 3.63) is 51.6 Å². The maximum absolute atomic E-state index is 12.6. The summed E-state index contributed by atoms with van der Waals surface area (Å²) in [6.07, 6.45) is 3.19. The molecule has 2 aromatic heterocycles. The van der Waals surface area contributed by atoms with Gasteiger partial charge in [-0.15, -0.1) is 0 Å².